The molecule has 0 amide bonds. The Morgan fingerprint density at radius 3 is 2.84 bits per heavy atom. The first-order chi connectivity index (χ1) is 12.3. The fourth-order valence-corrected chi connectivity index (χ4v) is 3.25. The number of likely N-dealkylation sites (tertiary alicyclic amines) is 1. The molecule has 0 saturated carbocycles. The number of halogens is 1. The standard InChI is InChI=1S/C19H19FN4O/c20-16-8-6-14(7-9-16)12-24-11-3-4-15(13-24)19-22-18(23-25-19)17-5-1-2-10-21-17/h1-2,5-10,15H,3-4,11-13H2. The van der Waals surface area contributed by atoms with Crippen molar-refractivity contribution in [1.29, 1.82) is 0 Å². The molecule has 5 nitrogen and oxygen atoms in total. The average molecular weight is 338 g/mol. The van der Waals surface area contributed by atoms with Gasteiger partial charge < -0.3 is 4.52 Å². The average Bonchev–Trinajstić information content (AvgIpc) is 3.15. The second-order valence-corrected chi connectivity index (χ2v) is 6.37. The van der Waals surface area contributed by atoms with E-state index in [2.05, 4.69) is 20.0 Å². The van der Waals surface area contributed by atoms with Crippen molar-refractivity contribution in [1.82, 2.24) is 20.0 Å². The van der Waals surface area contributed by atoms with E-state index in [4.69, 9.17) is 4.52 Å². The SMILES string of the molecule is Fc1ccc(CN2CCCC(c3nc(-c4ccccn4)no3)C2)cc1. The highest BCUT2D eigenvalue weighted by Gasteiger charge is 2.26. The summed E-state index contributed by atoms with van der Waals surface area (Å²) in [7, 11) is 0. The van der Waals surface area contributed by atoms with Crippen LogP contribution in [0.25, 0.3) is 11.5 Å². The Kier molecular flexibility index (Phi) is 4.52. The molecule has 0 spiro atoms. The number of benzene rings is 1. The number of rotatable bonds is 4. The fourth-order valence-electron chi connectivity index (χ4n) is 3.25. The molecule has 1 aliphatic heterocycles. The van der Waals surface area contributed by atoms with Gasteiger partial charge in [0.1, 0.15) is 11.5 Å². The molecule has 1 aromatic carbocycles. The summed E-state index contributed by atoms with van der Waals surface area (Å²) in [6, 6.07) is 12.3. The van der Waals surface area contributed by atoms with Crippen molar-refractivity contribution in [2.75, 3.05) is 13.1 Å². The summed E-state index contributed by atoms with van der Waals surface area (Å²) in [4.78, 5) is 11.2. The first-order valence-corrected chi connectivity index (χ1v) is 8.50. The number of nitrogens with zero attached hydrogens (tertiary/aromatic N) is 4. The lowest BCUT2D eigenvalue weighted by atomic mass is 9.97. The number of piperidine rings is 1. The van der Waals surface area contributed by atoms with Crippen LogP contribution in [0, 0.1) is 5.82 Å². The maximum absolute atomic E-state index is 13.0. The molecular weight excluding hydrogens is 319 g/mol. The lowest BCUT2D eigenvalue weighted by Gasteiger charge is -2.30. The van der Waals surface area contributed by atoms with Gasteiger partial charge in [0.2, 0.25) is 11.7 Å². The minimum atomic E-state index is -0.201. The van der Waals surface area contributed by atoms with Crippen LogP contribution in [-0.4, -0.2) is 33.1 Å². The van der Waals surface area contributed by atoms with Crippen molar-refractivity contribution < 1.29 is 8.91 Å². The van der Waals surface area contributed by atoms with Crippen LogP contribution in [0.4, 0.5) is 4.39 Å². The summed E-state index contributed by atoms with van der Waals surface area (Å²) in [5.74, 6) is 1.23. The largest absolute Gasteiger partial charge is 0.339 e. The zero-order valence-electron chi connectivity index (χ0n) is 13.8. The summed E-state index contributed by atoms with van der Waals surface area (Å²) in [5.41, 5.74) is 1.83. The third kappa shape index (κ3) is 3.74. The maximum Gasteiger partial charge on any atom is 0.231 e. The molecule has 0 bridgehead atoms. The second kappa shape index (κ2) is 7.11. The van der Waals surface area contributed by atoms with E-state index in [-0.39, 0.29) is 11.7 Å². The molecule has 1 atom stereocenters. The molecule has 1 fully saturated rings. The van der Waals surface area contributed by atoms with E-state index < -0.39 is 0 Å². The van der Waals surface area contributed by atoms with Gasteiger partial charge in [-0.1, -0.05) is 23.4 Å². The van der Waals surface area contributed by atoms with Crippen molar-refractivity contribution in [3.05, 3.63) is 65.9 Å². The van der Waals surface area contributed by atoms with E-state index in [0.29, 0.717) is 11.7 Å². The topological polar surface area (TPSA) is 55.1 Å². The third-order valence-electron chi connectivity index (χ3n) is 4.51. The number of hydrogen-bond acceptors (Lipinski definition) is 5. The molecule has 0 N–H and O–H groups in total. The Hall–Kier alpha value is -2.60. The summed E-state index contributed by atoms with van der Waals surface area (Å²) in [6.45, 7) is 2.69. The van der Waals surface area contributed by atoms with E-state index in [1.54, 1.807) is 6.20 Å². The van der Waals surface area contributed by atoms with Gasteiger partial charge in [0.05, 0.1) is 5.92 Å². The van der Waals surface area contributed by atoms with Gasteiger partial charge in [-0.15, -0.1) is 0 Å². The molecule has 1 saturated heterocycles. The lowest BCUT2D eigenvalue weighted by molar-refractivity contribution is 0.180. The Balaban J connectivity index is 1.44. The van der Waals surface area contributed by atoms with Gasteiger partial charge in [-0.05, 0) is 49.2 Å². The highest BCUT2D eigenvalue weighted by Crippen LogP contribution is 2.28. The number of aromatic nitrogens is 3. The van der Waals surface area contributed by atoms with Gasteiger partial charge in [-0.2, -0.15) is 4.98 Å². The Labute approximate surface area is 145 Å². The van der Waals surface area contributed by atoms with Crippen LogP contribution in [0.5, 0.6) is 0 Å². The lowest BCUT2D eigenvalue weighted by Crippen LogP contribution is -2.34. The molecular formula is C19H19FN4O. The minimum absolute atomic E-state index is 0.201. The van der Waals surface area contributed by atoms with E-state index in [1.807, 2.05) is 30.3 Å². The molecule has 128 valence electrons. The van der Waals surface area contributed by atoms with Crippen molar-refractivity contribution in [2.24, 2.45) is 0 Å². The van der Waals surface area contributed by atoms with E-state index in [0.717, 1.165) is 43.7 Å². The minimum Gasteiger partial charge on any atom is -0.339 e. The molecule has 6 heteroatoms. The van der Waals surface area contributed by atoms with Crippen LogP contribution in [0.3, 0.4) is 0 Å². The van der Waals surface area contributed by atoms with Crippen LogP contribution in [0.1, 0.15) is 30.2 Å². The van der Waals surface area contributed by atoms with Crippen molar-refractivity contribution in [3.63, 3.8) is 0 Å². The van der Waals surface area contributed by atoms with Crippen LogP contribution in [-0.2, 0) is 6.54 Å². The van der Waals surface area contributed by atoms with Crippen LogP contribution >= 0.6 is 0 Å². The molecule has 4 rings (SSSR count). The van der Waals surface area contributed by atoms with Gasteiger partial charge in [0.25, 0.3) is 0 Å². The monoisotopic (exact) mass is 338 g/mol. The molecule has 1 aliphatic rings. The van der Waals surface area contributed by atoms with E-state index in [1.165, 1.54) is 12.1 Å². The molecule has 0 radical (unpaired) electrons. The first-order valence-electron chi connectivity index (χ1n) is 8.50. The Morgan fingerprint density at radius 2 is 2.04 bits per heavy atom. The Morgan fingerprint density at radius 1 is 1.16 bits per heavy atom. The molecule has 3 heterocycles. The zero-order chi connectivity index (χ0) is 17.1. The smallest absolute Gasteiger partial charge is 0.231 e. The maximum atomic E-state index is 13.0. The van der Waals surface area contributed by atoms with E-state index in [9.17, 15) is 4.39 Å². The molecule has 2 aromatic heterocycles. The van der Waals surface area contributed by atoms with Gasteiger partial charge >= 0.3 is 0 Å². The predicted octanol–water partition coefficient (Wildman–Crippen LogP) is 3.65. The molecule has 1 unspecified atom stereocenters. The quantitative estimate of drug-likeness (QED) is 0.727. The first kappa shape index (κ1) is 15.9. The van der Waals surface area contributed by atoms with Crippen molar-refractivity contribution in [3.8, 4) is 11.5 Å². The summed E-state index contributed by atoms with van der Waals surface area (Å²) in [6.07, 6.45) is 3.83. The molecule has 25 heavy (non-hydrogen) atoms. The Bertz CT molecular complexity index is 819. The predicted molar refractivity (Wildman–Crippen MR) is 91.2 cm³/mol. The highest BCUT2D eigenvalue weighted by atomic mass is 19.1. The van der Waals surface area contributed by atoms with Gasteiger partial charge in [0.15, 0.2) is 0 Å². The van der Waals surface area contributed by atoms with E-state index >= 15 is 0 Å². The summed E-state index contributed by atoms with van der Waals surface area (Å²) in [5, 5.41) is 4.07. The second-order valence-electron chi connectivity index (χ2n) is 6.37. The van der Waals surface area contributed by atoms with Gasteiger partial charge in [-0.25, -0.2) is 4.39 Å². The van der Waals surface area contributed by atoms with Crippen molar-refractivity contribution in [2.45, 2.75) is 25.3 Å². The molecule has 0 aliphatic carbocycles. The third-order valence-corrected chi connectivity index (χ3v) is 4.51. The number of hydrogen-bond donors (Lipinski definition) is 0. The highest BCUT2D eigenvalue weighted by molar-refractivity contribution is 5.47. The fraction of sp³-hybridized carbons (Fsp3) is 0.316. The zero-order valence-corrected chi connectivity index (χ0v) is 13.8. The van der Waals surface area contributed by atoms with Crippen LogP contribution in [0.15, 0.2) is 53.2 Å². The summed E-state index contributed by atoms with van der Waals surface area (Å²) >= 11 is 0. The number of pyridine rings is 1. The van der Waals surface area contributed by atoms with Crippen molar-refractivity contribution >= 4 is 0 Å². The summed E-state index contributed by atoms with van der Waals surface area (Å²) < 4.78 is 18.5. The van der Waals surface area contributed by atoms with Gasteiger partial charge in [-0.3, -0.25) is 9.88 Å². The normalized spacial score (nSPS) is 18.4. The van der Waals surface area contributed by atoms with Gasteiger partial charge in [0, 0.05) is 19.3 Å². The molecule has 3 aromatic rings. The van der Waals surface area contributed by atoms with Crippen LogP contribution < -0.4 is 0 Å². The van der Waals surface area contributed by atoms with Crippen LogP contribution in [0.2, 0.25) is 0 Å².